The highest BCUT2D eigenvalue weighted by atomic mass is 16.5. The van der Waals surface area contributed by atoms with Gasteiger partial charge in [-0.25, -0.2) is 0 Å². The Kier molecular flexibility index (Phi) is 2.75. The van der Waals surface area contributed by atoms with Crippen LogP contribution in [0.4, 0.5) is 0 Å². The number of carbonyl (C=O) groups is 1. The van der Waals surface area contributed by atoms with Crippen molar-refractivity contribution in [3.05, 3.63) is 0 Å². The van der Waals surface area contributed by atoms with Crippen molar-refractivity contribution in [3.63, 3.8) is 0 Å². The Morgan fingerprint density at radius 1 is 1.25 bits per heavy atom. The molecule has 1 spiro atoms. The van der Waals surface area contributed by atoms with Crippen LogP contribution in [0.2, 0.25) is 0 Å². The first kappa shape index (κ1) is 11.9. The van der Waals surface area contributed by atoms with Gasteiger partial charge in [0.15, 0.2) is 0 Å². The van der Waals surface area contributed by atoms with Crippen molar-refractivity contribution in [1.82, 2.24) is 9.80 Å². The Bertz CT molecular complexity index is 288. The molecule has 0 aromatic carbocycles. The number of ether oxygens (including phenoxy) is 1. The summed E-state index contributed by atoms with van der Waals surface area (Å²) in [4.78, 5) is 16.2. The number of amides is 1. The van der Waals surface area contributed by atoms with Gasteiger partial charge in [-0.15, -0.1) is 0 Å². The monoisotopic (exact) mass is 226 g/mol. The fourth-order valence-electron chi connectivity index (χ4n) is 2.87. The fraction of sp³-hybridized carbons (Fsp3) is 0.917. The molecule has 0 bridgehead atoms. The van der Waals surface area contributed by atoms with E-state index in [1.165, 1.54) is 0 Å². The molecule has 4 nitrogen and oxygen atoms in total. The number of rotatable bonds is 0. The number of piperidine rings is 1. The molecule has 0 atom stereocenters. The third-order valence-corrected chi connectivity index (χ3v) is 3.56. The van der Waals surface area contributed by atoms with E-state index in [1.54, 1.807) is 0 Å². The van der Waals surface area contributed by atoms with Crippen molar-refractivity contribution in [1.29, 1.82) is 0 Å². The summed E-state index contributed by atoms with van der Waals surface area (Å²) in [5.74, 6) is 0.136. The summed E-state index contributed by atoms with van der Waals surface area (Å²) in [7, 11) is 2.12. The van der Waals surface area contributed by atoms with Gasteiger partial charge in [-0.3, -0.25) is 4.79 Å². The number of carbonyl (C=O) groups excluding carboxylic acids is 1. The van der Waals surface area contributed by atoms with Crippen LogP contribution in [0.25, 0.3) is 0 Å². The summed E-state index contributed by atoms with van der Waals surface area (Å²) in [5, 5.41) is 0. The quantitative estimate of drug-likeness (QED) is 0.619. The standard InChI is InChI=1S/C12H22N2O2/c1-11(2,3)14-10(15)9-16-12(14)5-7-13(4)8-6-12/h5-9H2,1-4H3. The SMILES string of the molecule is CN1CCC2(CC1)OCC(=O)N2C(C)(C)C. The predicted octanol–water partition coefficient (Wildman–Crippen LogP) is 1.07. The van der Waals surface area contributed by atoms with Gasteiger partial charge in [0.2, 0.25) is 0 Å². The Morgan fingerprint density at radius 2 is 1.81 bits per heavy atom. The molecule has 0 saturated carbocycles. The first-order valence-electron chi connectivity index (χ1n) is 6.01. The number of hydrogen-bond donors (Lipinski definition) is 0. The van der Waals surface area contributed by atoms with E-state index in [9.17, 15) is 4.79 Å². The third-order valence-electron chi connectivity index (χ3n) is 3.56. The van der Waals surface area contributed by atoms with Gasteiger partial charge in [-0.2, -0.15) is 0 Å². The van der Waals surface area contributed by atoms with Crippen LogP contribution in [0.5, 0.6) is 0 Å². The fourth-order valence-corrected chi connectivity index (χ4v) is 2.87. The number of likely N-dealkylation sites (tertiary alicyclic amines) is 1. The smallest absolute Gasteiger partial charge is 0.251 e. The van der Waals surface area contributed by atoms with Crippen molar-refractivity contribution < 1.29 is 9.53 Å². The maximum atomic E-state index is 12.0. The van der Waals surface area contributed by atoms with E-state index in [0.29, 0.717) is 0 Å². The Morgan fingerprint density at radius 3 is 2.31 bits per heavy atom. The zero-order chi connectivity index (χ0) is 12.0. The molecule has 0 radical (unpaired) electrons. The van der Waals surface area contributed by atoms with Crippen LogP contribution < -0.4 is 0 Å². The van der Waals surface area contributed by atoms with Gasteiger partial charge < -0.3 is 14.5 Å². The van der Waals surface area contributed by atoms with Crippen molar-refractivity contribution >= 4 is 5.91 Å². The lowest BCUT2D eigenvalue weighted by molar-refractivity contribution is -0.158. The molecule has 0 aromatic rings. The molecule has 2 saturated heterocycles. The summed E-state index contributed by atoms with van der Waals surface area (Å²) < 4.78 is 5.83. The van der Waals surface area contributed by atoms with Crippen molar-refractivity contribution in [3.8, 4) is 0 Å². The average Bonchev–Trinajstić information content (AvgIpc) is 2.49. The van der Waals surface area contributed by atoms with E-state index >= 15 is 0 Å². The van der Waals surface area contributed by atoms with E-state index in [4.69, 9.17) is 4.74 Å². The highest BCUT2D eigenvalue weighted by Crippen LogP contribution is 2.39. The maximum absolute atomic E-state index is 12.0. The molecule has 1 amide bonds. The molecule has 2 heterocycles. The maximum Gasteiger partial charge on any atom is 0.251 e. The summed E-state index contributed by atoms with van der Waals surface area (Å²) in [6, 6.07) is 0. The molecule has 0 aromatic heterocycles. The van der Waals surface area contributed by atoms with Gasteiger partial charge in [0.05, 0.1) is 0 Å². The molecule has 92 valence electrons. The number of nitrogens with zero attached hydrogens (tertiary/aromatic N) is 2. The van der Waals surface area contributed by atoms with E-state index < -0.39 is 0 Å². The zero-order valence-electron chi connectivity index (χ0n) is 10.7. The van der Waals surface area contributed by atoms with E-state index in [2.05, 4.69) is 32.7 Å². The molecule has 2 fully saturated rings. The van der Waals surface area contributed by atoms with Gasteiger partial charge in [-0.05, 0) is 27.8 Å². The second-order valence-corrected chi connectivity index (χ2v) is 5.94. The third kappa shape index (κ3) is 1.84. The molecule has 2 aliphatic rings. The predicted molar refractivity (Wildman–Crippen MR) is 62.0 cm³/mol. The minimum Gasteiger partial charge on any atom is -0.346 e. The number of hydrogen-bond acceptors (Lipinski definition) is 3. The van der Waals surface area contributed by atoms with Gasteiger partial charge in [0.1, 0.15) is 12.3 Å². The highest BCUT2D eigenvalue weighted by molar-refractivity contribution is 5.80. The molecule has 0 N–H and O–H groups in total. The minimum atomic E-state index is -0.332. The summed E-state index contributed by atoms with van der Waals surface area (Å²) >= 11 is 0. The van der Waals surface area contributed by atoms with E-state index in [0.717, 1.165) is 25.9 Å². The van der Waals surface area contributed by atoms with E-state index in [-0.39, 0.29) is 23.8 Å². The molecule has 2 aliphatic heterocycles. The lowest BCUT2D eigenvalue weighted by Crippen LogP contribution is -2.59. The minimum absolute atomic E-state index is 0.136. The lowest BCUT2D eigenvalue weighted by Gasteiger charge is -2.48. The Balaban J connectivity index is 2.23. The molecule has 0 unspecified atom stereocenters. The topological polar surface area (TPSA) is 32.8 Å². The molecule has 0 aliphatic carbocycles. The normalized spacial score (nSPS) is 26.8. The Labute approximate surface area is 97.5 Å². The van der Waals surface area contributed by atoms with E-state index in [1.807, 2.05) is 4.90 Å². The van der Waals surface area contributed by atoms with Gasteiger partial charge in [0.25, 0.3) is 5.91 Å². The van der Waals surface area contributed by atoms with Crippen molar-refractivity contribution in [2.75, 3.05) is 26.7 Å². The second kappa shape index (κ2) is 3.70. The van der Waals surface area contributed by atoms with Crippen LogP contribution >= 0.6 is 0 Å². The summed E-state index contributed by atoms with van der Waals surface area (Å²) in [6.45, 7) is 8.50. The zero-order valence-corrected chi connectivity index (χ0v) is 10.7. The highest BCUT2D eigenvalue weighted by Gasteiger charge is 2.51. The lowest BCUT2D eigenvalue weighted by atomic mass is 9.93. The second-order valence-electron chi connectivity index (χ2n) is 5.94. The van der Waals surface area contributed by atoms with Crippen LogP contribution in [0, 0.1) is 0 Å². The molecular formula is C12H22N2O2. The molecule has 2 rings (SSSR count). The summed E-state index contributed by atoms with van der Waals surface area (Å²) in [5.41, 5.74) is -0.481. The first-order chi connectivity index (χ1) is 7.35. The van der Waals surface area contributed by atoms with Gasteiger partial charge in [0, 0.05) is 31.5 Å². The van der Waals surface area contributed by atoms with Crippen molar-refractivity contribution in [2.24, 2.45) is 0 Å². The van der Waals surface area contributed by atoms with Gasteiger partial charge in [-0.1, -0.05) is 0 Å². The van der Waals surface area contributed by atoms with Crippen LogP contribution in [-0.2, 0) is 9.53 Å². The largest absolute Gasteiger partial charge is 0.346 e. The van der Waals surface area contributed by atoms with Crippen LogP contribution in [0.1, 0.15) is 33.6 Å². The molecule has 16 heavy (non-hydrogen) atoms. The summed E-state index contributed by atoms with van der Waals surface area (Å²) in [6.07, 6.45) is 1.85. The van der Waals surface area contributed by atoms with Crippen LogP contribution in [0.3, 0.4) is 0 Å². The van der Waals surface area contributed by atoms with Crippen molar-refractivity contribution in [2.45, 2.75) is 44.9 Å². The Hall–Kier alpha value is -0.610. The average molecular weight is 226 g/mol. The van der Waals surface area contributed by atoms with Crippen LogP contribution in [0.15, 0.2) is 0 Å². The molecule has 4 heteroatoms. The van der Waals surface area contributed by atoms with Crippen LogP contribution in [-0.4, -0.2) is 53.7 Å². The first-order valence-corrected chi connectivity index (χ1v) is 6.01. The van der Waals surface area contributed by atoms with Gasteiger partial charge >= 0.3 is 0 Å². The molecular weight excluding hydrogens is 204 g/mol.